The minimum absolute atomic E-state index is 0.398. The van der Waals surface area contributed by atoms with Gasteiger partial charge in [-0.1, -0.05) is 39.3 Å². The van der Waals surface area contributed by atoms with Crippen molar-refractivity contribution in [2.75, 3.05) is 32.1 Å². The lowest BCUT2D eigenvalue weighted by atomic mass is 10.2. The van der Waals surface area contributed by atoms with E-state index in [1.807, 2.05) is 31.2 Å². The average Bonchev–Trinajstić information content (AvgIpc) is 2.44. The molecule has 0 aliphatic carbocycles. The van der Waals surface area contributed by atoms with Crippen molar-refractivity contribution in [2.45, 2.75) is 33.3 Å². The van der Waals surface area contributed by atoms with Crippen molar-refractivity contribution >= 4 is 5.69 Å². The first kappa shape index (κ1) is 17.7. The molecule has 3 N–H and O–H groups in total. The Morgan fingerprint density at radius 3 is 2.37 bits per heavy atom. The number of aliphatic hydroxyl groups excluding tert-OH is 1. The number of ether oxygens (including phenoxy) is 1. The molecule has 0 saturated heterocycles. The number of anilines is 1. The van der Waals surface area contributed by atoms with Gasteiger partial charge in [0.1, 0.15) is 5.75 Å². The van der Waals surface area contributed by atoms with Crippen LogP contribution in [0.1, 0.15) is 27.2 Å². The summed E-state index contributed by atoms with van der Waals surface area (Å²) in [5, 5.41) is 15.9. The fraction of sp³-hybridized carbons (Fsp3) is 0.600. The van der Waals surface area contributed by atoms with Crippen LogP contribution in [0, 0.1) is 0 Å². The second-order valence-corrected chi connectivity index (χ2v) is 4.25. The molecule has 0 radical (unpaired) electrons. The topological polar surface area (TPSA) is 53.5 Å². The highest BCUT2D eigenvalue weighted by Crippen LogP contribution is 2.22. The molecule has 1 aromatic carbocycles. The van der Waals surface area contributed by atoms with Gasteiger partial charge in [0, 0.05) is 13.1 Å². The number of benzene rings is 1. The van der Waals surface area contributed by atoms with Gasteiger partial charge in [0.25, 0.3) is 0 Å². The highest BCUT2D eigenvalue weighted by molar-refractivity contribution is 5.56. The predicted octanol–water partition coefficient (Wildman–Crippen LogP) is 2.49. The van der Waals surface area contributed by atoms with Gasteiger partial charge in [0.2, 0.25) is 0 Å². The number of nitrogens with one attached hydrogen (secondary N) is 2. The van der Waals surface area contributed by atoms with Crippen molar-refractivity contribution in [3.05, 3.63) is 24.3 Å². The molecule has 0 amide bonds. The van der Waals surface area contributed by atoms with Crippen LogP contribution in [0.25, 0.3) is 0 Å². The Morgan fingerprint density at radius 2 is 1.79 bits per heavy atom. The van der Waals surface area contributed by atoms with Crippen molar-refractivity contribution in [3.63, 3.8) is 0 Å². The van der Waals surface area contributed by atoms with Crippen LogP contribution in [0.5, 0.6) is 5.75 Å². The van der Waals surface area contributed by atoms with Crippen LogP contribution in [0.3, 0.4) is 0 Å². The predicted molar refractivity (Wildman–Crippen MR) is 82.0 cm³/mol. The van der Waals surface area contributed by atoms with Gasteiger partial charge < -0.3 is 20.5 Å². The lowest BCUT2D eigenvalue weighted by molar-refractivity contribution is 0.185. The summed E-state index contributed by atoms with van der Waals surface area (Å²) in [4.78, 5) is 0. The number of hydrogen-bond acceptors (Lipinski definition) is 4. The third-order valence-corrected chi connectivity index (χ3v) is 2.27. The molecule has 4 nitrogen and oxygen atoms in total. The van der Waals surface area contributed by atoms with Crippen LogP contribution in [-0.2, 0) is 0 Å². The van der Waals surface area contributed by atoms with Crippen molar-refractivity contribution in [1.29, 1.82) is 0 Å². The molecule has 0 heterocycles. The molecule has 1 atom stereocenters. The zero-order valence-corrected chi connectivity index (χ0v) is 12.6. The zero-order valence-electron chi connectivity index (χ0n) is 12.6. The van der Waals surface area contributed by atoms with Gasteiger partial charge in [-0.25, -0.2) is 0 Å². The fourth-order valence-electron chi connectivity index (χ4n) is 1.40. The third kappa shape index (κ3) is 8.46. The zero-order chi connectivity index (χ0) is 14.5. The van der Waals surface area contributed by atoms with Gasteiger partial charge in [0.15, 0.2) is 0 Å². The second-order valence-electron chi connectivity index (χ2n) is 4.25. The van der Waals surface area contributed by atoms with Gasteiger partial charge in [-0.2, -0.15) is 0 Å². The van der Waals surface area contributed by atoms with E-state index in [0.717, 1.165) is 18.0 Å². The standard InChI is InChI=1S/C12H20N2O2.C3H8/c1-3-13-8-10(15)9-14-11-6-4-5-7-12(11)16-2;1-3-2/h4-7,10,13-15H,3,8-9H2,1-2H3;3H2,1-2H3. The SMILES string of the molecule is CCC.CCNCC(O)CNc1ccccc1OC. The highest BCUT2D eigenvalue weighted by Gasteiger charge is 2.05. The maximum atomic E-state index is 9.64. The third-order valence-electron chi connectivity index (χ3n) is 2.27. The Bertz CT molecular complexity index is 319. The lowest BCUT2D eigenvalue weighted by Gasteiger charge is -2.14. The van der Waals surface area contributed by atoms with Gasteiger partial charge in [-0.3, -0.25) is 0 Å². The average molecular weight is 268 g/mol. The number of rotatable bonds is 7. The maximum Gasteiger partial charge on any atom is 0.141 e. The van der Waals surface area contributed by atoms with E-state index in [-0.39, 0.29) is 0 Å². The Kier molecular flexibility index (Phi) is 11.0. The molecule has 0 aromatic heterocycles. The van der Waals surface area contributed by atoms with Crippen molar-refractivity contribution in [1.82, 2.24) is 5.32 Å². The van der Waals surface area contributed by atoms with E-state index in [9.17, 15) is 5.11 Å². The van der Waals surface area contributed by atoms with Crippen LogP contribution in [-0.4, -0.2) is 38.0 Å². The molecular formula is C15H28N2O2. The first-order chi connectivity index (χ1) is 9.19. The smallest absolute Gasteiger partial charge is 0.141 e. The Morgan fingerprint density at radius 1 is 1.16 bits per heavy atom. The molecular weight excluding hydrogens is 240 g/mol. The number of para-hydroxylation sites is 2. The van der Waals surface area contributed by atoms with E-state index in [0.29, 0.717) is 13.1 Å². The second kappa shape index (κ2) is 11.8. The number of hydrogen-bond donors (Lipinski definition) is 3. The molecule has 0 saturated carbocycles. The summed E-state index contributed by atoms with van der Waals surface area (Å²) in [5.41, 5.74) is 0.903. The van der Waals surface area contributed by atoms with Crippen LogP contribution in [0.2, 0.25) is 0 Å². The Balaban J connectivity index is 0.000000982. The van der Waals surface area contributed by atoms with Gasteiger partial charge in [0.05, 0.1) is 18.9 Å². The summed E-state index contributed by atoms with van der Waals surface area (Å²) >= 11 is 0. The molecule has 4 heteroatoms. The molecule has 0 spiro atoms. The van der Waals surface area contributed by atoms with E-state index >= 15 is 0 Å². The van der Waals surface area contributed by atoms with E-state index in [4.69, 9.17) is 4.74 Å². The molecule has 0 aliphatic heterocycles. The Hall–Kier alpha value is -1.26. The maximum absolute atomic E-state index is 9.64. The molecule has 1 aromatic rings. The summed E-state index contributed by atoms with van der Waals surface area (Å²) in [6.07, 6.45) is 0.852. The van der Waals surface area contributed by atoms with Gasteiger partial charge >= 0.3 is 0 Å². The summed E-state index contributed by atoms with van der Waals surface area (Å²) < 4.78 is 5.20. The molecule has 1 rings (SSSR count). The first-order valence-electron chi connectivity index (χ1n) is 6.95. The van der Waals surface area contributed by atoms with Crippen LogP contribution < -0.4 is 15.4 Å². The number of aliphatic hydroxyl groups is 1. The molecule has 0 fully saturated rings. The highest BCUT2D eigenvalue weighted by atomic mass is 16.5. The molecule has 19 heavy (non-hydrogen) atoms. The summed E-state index contributed by atoms with van der Waals surface area (Å²) in [6.45, 7) is 8.23. The van der Waals surface area contributed by atoms with Crippen molar-refractivity contribution < 1.29 is 9.84 Å². The fourth-order valence-corrected chi connectivity index (χ4v) is 1.40. The van der Waals surface area contributed by atoms with Gasteiger partial charge in [-0.15, -0.1) is 0 Å². The minimum atomic E-state index is -0.398. The molecule has 1 unspecified atom stereocenters. The van der Waals surface area contributed by atoms with Crippen LogP contribution >= 0.6 is 0 Å². The molecule has 0 aliphatic rings. The minimum Gasteiger partial charge on any atom is -0.495 e. The van der Waals surface area contributed by atoms with E-state index in [1.54, 1.807) is 7.11 Å². The van der Waals surface area contributed by atoms with Crippen LogP contribution in [0.15, 0.2) is 24.3 Å². The van der Waals surface area contributed by atoms with Crippen LogP contribution in [0.4, 0.5) is 5.69 Å². The van der Waals surface area contributed by atoms with Crippen molar-refractivity contribution in [3.8, 4) is 5.75 Å². The number of methoxy groups -OCH3 is 1. The molecule has 110 valence electrons. The summed E-state index contributed by atoms with van der Waals surface area (Å²) in [5.74, 6) is 0.790. The van der Waals surface area contributed by atoms with Crippen molar-refractivity contribution in [2.24, 2.45) is 0 Å². The largest absolute Gasteiger partial charge is 0.495 e. The van der Waals surface area contributed by atoms with E-state index in [1.165, 1.54) is 6.42 Å². The first-order valence-corrected chi connectivity index (χ1v) is 6.95. The Labute approximate surface area is 117 Å². The summed E-state index contributed by atoms with van der Waals surface area (Å²) in [6, 6.07) is 7.67. The monoisotopic (exact) mass is 268 g/mol. The van der Waals surface area contributed by atoms with Gasteiger partial charge in [-0.05, 0) is 18.7 Å². The lowest BCUT2D eigenvalue weighted by Crippen LogP contribution is -2.32. The normalized spacial score (nSPS) is 11.2. The summed E-state index contributed by atoms with van der Waals surface area (Å²) in [7, 11) is 1.63. The van der Waals surface area contributed by atoms with E-state index in [2.05, 4.69) is 24.5 Å². The number of likely N-dealkylation sites (N-methyl/N-ethyl adjacent to an activating group) is 1. The quantitative estimate of drug-likeness (QED) is 0.711. The van der Waals surface area contributed by atoms with E-state index < -0.39 is 6.10 Å². The molecule has 0 bridgehead atoms.